The molecular weight excluding hydrogens is 252 g/mol. The largest absolute Gasteiger partial charge is 0.416 e. The Bertz CT molecular complexity index is 638. The topological polar surface area (TPSA) is 94.0 Å². The quantitative estimate of drug-likeness (QED) is 0.798. The molecular formula is C11H10N4O2S. The fraction of sp³-hybridized carbons (Fsp3) is 0.182. The SMILES string of the molecule is Cc1nnc(Sc2cc3c(cc2N)CC(=O)N3)o1. The van der Waals surface area contributed by atoms with Gasteiger partial charge in [0.2, 0.25) is 11.8 Å². The maximum Gasteiger partial charge on any atom is 0.281 e. The molecule has 1 aliphatic heterocycles. The molecule has 1 aromatic carbocycles. The first-order valence-corrected chi connectivity index (χ1v) is 6.13. The zero-order chi connectivity index (χ0) is 12.7. The van der Waals surface area contributed by atoms with Gasteiger partial charge < -0.3 is 15.5 Å². The number of aromatic nitrogens is 2. The normalized spacial score (nSPS) is 13.5. The highest BCUT2D eigenvalue weighted by Gasteiger charge is 2.20. The summed E-state index contributed by atoms with van der Waals surface area (Å²) < 4.78 is 5.28. The van der Waals surface area contributed by atoms with E-state index in [0.29, 0.717) is 23.2 Å². The fourth-order valence-electron chi connectivity index (χ4n) is 1.78. The second-order valence-electron chi connectivity index (χ2n) is 3.96. The molecule has 2 aromatic rings. The Morgan fingerprint density at radius 3 is 3.00 bits per heavy atom. The van der Waals surface area contributed by atoms with Gasteiger partial charge in [0.05, 0.1) is 6.42 Å². The smallest absolute Gasteiger partial charge is 0.281 e. The minimum absolute atomic E-state index is 0.0137. The van der Waals surface area contributed by atoms with Crippen LogP contribution in [0.25, 0.3) is 0 Å². The first kappa shape index (κ1) is 11.1. The van der Waals surface area contributed by atoms with Crippen molar-refractivity contribution < 1.29 is 9.21 Å². The molecule has 0 radical (unpaired) electrons. The summed E-state index contributed by atoms with van der Waals surface area (Å²) >= 11 is 1.29. The lowest BCUT2D eigenvalue weighted by Crippen LogP contribution is -2.03. The maximum absolute atomic E-state index is 11.3. The van der Waals surface area contributed by atoms with Gasteiger partial charge in [-0.3, -0.25) is 4.79 Å². The van der Waals surface area contributed by atoms with Crippen LogP contribution < -0.4 is 11.1 Å². The number of fused-ring (bicyclic) bond motifs is 1. The van der Waals surface area contributed by atoms with Gasteiger partial charge in [-0.25, -0.2) is 0 Å². The van der Waals surface area contributed by atoms with Crippen LogP contribution in [0.15, 0.2) is 26.7 Å². The van der Waals surface area contributed by atoms with Crippen molar-refractivity contribution in [1.82, 2.24) is 10.2 Å². The van der Waals surface area contributed by atoms with Crippen LogP contribution in [0.3, 0.4) is 0 Å². The zero-order valence-electron chi connectivity index (χ0n) is 9.56. The highest BCUT2D eigenvalue weighted by Crippen LogP contribution is 2.36. The van der Waals surface area contributed by atoms with Crippen LogP contribution in [0.2, 0.25) is 0 Å². The predicted molar refractivity (Wildman–Crippen MR) is 66.3 cm³/mol. The summed E-state index contributed by atoms with van der Waals surface area (Å²) in [5, 5.41) is 10.9. The molecule has 0 spiro atoms. The number of carbonyl (C=O) groups excluding carboxylic acids is 1. The Morgan fingerprint density at radius 2 is 2.28 bits per heavy atom. The number of hydrogen-bond acceptors (Lipinski definition) is 6. The van der Waals surface area contributed by atoms with Crippen LogP contribution >= 0.6 is 11.8 Å². The molecule has 18 heavy (non-hydrogen) atoms. The minimum Gasteiger partial charge on any atom is -0.416 e. The Balaban J connectivity index is 1.93. The van der Waals surface area contributed by atoms with E-state index in [9.17, 15) is 4.79 Å². The van der Waals surface area contributed by atoms with E-state index in [1.165, 1.54) is 11.8 Å². The molecule has 1 aromatic heterocycles. The number of rotatable bonds is 2. The van der Waals surface area contributed by atoms with Crippen LogP contribution in [0, 0.1) is 6.92 Å². The number of amides is 1. The monoisotopic (exact) mass is 262 g/mol. The summed E-state index contributed by atoms with van der Waals surface area (Å²) in [6.45, 7) is 1.73. The number of nitrogens with zero attached hydrogens (tertiary/aromatic N) is 2. The highest BCUT2D eigenvalue weighted by molar-refractivity contribution is 7.99. The Kier molecular flexibility index (Phi) is 2.48. The molecule has 0 saturated heterocycles. The van der Waals surface area contributed by atoms with E-state index in [2.05, 4.69) is 15.5 Å². The van der Waals surface area contributed by atoms with Crippen molar-refractivity contribution in [2.45, 2.75) is 23.5 Å². The third-order valence-corrected chi connectivity index (χ3v) is 3.48. The van der Waals surface area contributed by atoms with Gasteiger partial charge in [0.25, 0.3) is 5.22 Å². The second-order valence-corrected chi connectivity index (χ2v) is 4.95. The molecule has 1 amide bonds. The van der Waals surface area contributed by atoms with Crippen molar-refractivity contribution in [1.29, 1.82) is 0 Å². The molecule has 92 valence electrons. The molecule has 3 N–H and O–H groups in total. The lowest BCUT2D eigenvalue weighted by atomic mass is 10.1. The molecule has 0 atom stereocenters. The maximum atomic E-state index is 11.3. The van der Waals surface area contributed by atoms with Crippen molar-refractivity contribution in [3.8, 4) is 0 Å². The average molecular weight is 262 g/mol. The number of carbonyl (C=O) groups is 1. The van der Waals surface area contributed by atoms with E-state index < -0.39 is 0 Å². The summed E-state index contributed by atoms with van der Waals surface area (Å²) in [6.07, 6.45) is 0.379. The van der Waals surface area contributed by atoms with Crippen molar-refractivity contribution in [3.05, 3.63) is 23.6 Å². The van der Waals surface area contributed by atoms with Crippen LogP contribution in [0.5, 0.6) is 0 Å². The van der Waals surface area contributed by atoms with Crippen LogP contribution in [-0.2, 0) is 11.2 Å². The fourth-order valence-corrected chi connectivity index (χ4v) is 2.56. The van der Waals surface area contributed by atoms with Gasteiger partial charge in [-0.15, -0.1) is 10.2 Å². The molecule has 1 aliphatic rings. The van der Waals surface area contributed by atoms with E-state index >= 15 is 0 Å². The lowest BCUT2D eigenvalue weighted by molar-refractivity contribution is -0.115. The van der Waals surface area contributed by atoms with Gasteiger partial charge in [-0.1, -0.05) is 0 Å². The van der Waals surface area contributed by atoms with E-state index in [-0.39, 0.29) is 5.91 Å². The van der Waals surface area contributed by atoms with Crippen molar-refractivity contribution in [3.63, 3.8) is 0 Å². The van der Waals surface area contributed by atoms with Gasteiger partial charge in [0.1, 0.15) is 0 Å². The molecule has 6 nitrogen and oxygen atoms in total. The number of anilines is 2. The van der Waals surface area contributed by atoms with Crippen molar-refractivity contribution in [2.75, 3.05) is 11.1 Å². The summed E-state index contributed by atoms with van der Waals surface area (Å²) in [5.41, 5.74) is 8.27. The Morgan fingerprint density at radius 1 is 1.44 bits per heavy atom. The van der Waals surface area contributed by atoms with Crippen molar-refractivity contribution >= 4 is 29.0 Å². The van der Waals surface area contributed by atoms with Gasteiger partial charge in [0.15, 0.2) is 0 Å². The van der Waals surface area contributed by atoms with Gasteiger partial charge >= 0.3 is 0 Å². The first-order chi connectivity index (χ1) is 8.61. The van der Waals surface area contributed by atoms with Gasteiger partial charge in [-0.2, -0.15) is 0 Å². The molecule has 0 bridgehead atoms. The van der Waals surface area contributed by atoms with Crippen LogP contribution in [0.1, 0.15) is 11.5 Å². The zero-order valence-corrected chi connectivity index (χ0v) is 10.4. The van der Waals surface area contributed by atoms with E-state index in [1.54, 1.807) is 13.0 Å². The Labute approximate surface area is 107 Å². The summed E-state index contributed by atoms with van der Waals surface area (Å²) in [4.78, 5) is 12.1. The molecule has 0 unspecified atom stereocenters. The standard InChI is InChI=1S/C11H10N4O2S/c1-5-14-15-11(17-5)18-9-4-8-6(2-7(9)12)3-10(16)13-8/h2,4H,3,12H2,1H3,(H,13,16). The molecule has 0 aliphatic carbocycles. The number of hydrogen-bond donors (Lipinski definition) is 2. The molecule has 0 saturated carbocycles. The predicted octanol–water partition coefficient (Wildman–Crippen LogP) is 1.61. The van der Waals surface area contributed by atoms with E-state index in [1.807, 2.05) is 6.07 Å². The number of nitrogens with two attached hydrogens (primary N) is 1. The lowest BCUT2D eigenvalue weighted by Gasteiger charge is -2.05. The van der Waals surface area contributed by atoms with Gasteiger partial charge in [0, 0.05) is 23.2 Å². The molecule has 0 fully saturated rings. The first-order valence-electron chi connectivity index (χ1n) is 5.32. The summed E-state index contributed by atoms with van der Waals surface area (Å²) in [6, 6.07) is 3.64. The van der Waals surface area contributed by atoms with Crippen LogP contribution in [0.4, 0.5) is 11.4 Å². The van der Waals surface area contributed by atoms with Crippen molar-refractivity contribution in [2.24, 2.45) is 0 Å². The summed E-state index contributed by atoms with van der Waals surface area (Å²) in [5.74, 6) is 0.491. The van der Waals surface area contributed by atoms with Gasteiger partial charge in [-0.05, 0) is 29.5 Å². The van der Waals surface area contributed by atoms with E-state index in [0.717, 1.165) is 16.1 Å². The number of nitrogens with one attached hydrogen (secondary N) is 1. The number of nitrogen functional groups attached to an aromatic ring is 1. The van der Waals surface area contributed by atoms with Crippen LogP contribution in [-0.4, -0.2) is 16.1 Å². The van der Waals surface area contributed by atoms with E-state index in [4.69, 9.17) is 10.2 Å². The Hall–Kier alpha value is -2.02. The summed E-state index contributed by atoms with van der Waals surface area (Å²) in [7, 11) is 0. The highest BCUT2D eigenvalue weighted by atomic mass is 32.2. The molecule has 7 heteroatoms. The third-order valence-electron chi connectivity index (χ3n) is 2.57. The third kappa shape index (κ3) is 1.92. The molecule has 2 heterocycles. The second kappa shape index (κ2) is 4.02. The number of aryl methyl sites for hydroxylation is 1. The minimum atomic E-state index is -0.0137. The number of benzene rings is 1. The average Bonchev–Trinajstić information content (AvgIpc) is 2.85. The molecule has 3 rings (SSSR count).